The van der Waals surface area contributed by atoms with Crippen molar-refractivity contribution < 1.29 is 4.39 Å². The van der Waals surface area contributed by atoms with Crippen LogP contribution in [0.2, 0.25) is 0 Å². The molecule has 0 aliphatic heterocycles. The fourth-order valence-corrected chi connectivity index (χ4v) is 2.89. The maximum Gasteiger partial charge on any atom is 0.253 e. The van der Waals surface area contributed by atoms with Crippen LogP contribution >= 0.6 is 0 Å². The minimum absolute atomic E-state index is 0.0646. The summed E-state index contributed by atoms with van der Waals surface area (Å²) in [6.45, 7) is 0. The third kappa shape index (κ3) is 1.99. The Morgan fingerprint density at radius 1 is 1.05 bits per heavy atom. The van der Waals surface area contributed by atoms with Crippen molar-refractivity contribution in [1.29, 1.82) is 0 Å². The van der Waals surface area contributed by atoms with E-state index in [0.717, 1.165) is 42.4 Å². The summed E-state index contributed by atoms with van der Waals surface area (Å²) in [5.74, 6) is -0.228. The second kappa shape index (κ2) is 4.65. The monoisotopic (exact) mass is 257 g/mol. The van der Waals surface area contributed by atoms with Gasteiger partial charge in [0.15, 0.2) is 0 Å². The number of nitrogens with zero attached hydrogens (tertiary/aromatic N) is 1. The van der Waals surface area contributed by atoms with Crippen molar-refractivity contribution in [2.45, 2.75) is 25.7 Å². The number of fused-ring (bicyclic) bond motifs is 1. The van der Waals surface area contributed by atoms with Crippen molar-refractivity contribution in [3.8, 4) is 11.1 Å². The lowest BCUT2D eigenvalue weighted by Crippen LogP contribution is -2.25. The van der Waals surface area contributed by atoms with Crippen LogP contribution in [0, 0.1) is 5.82 Å². The predicted octanol–water partition coefficient (Wildman–Crippen LogP) is 3.07. The molecule has 1 aromatic carbocycles. The number of benzene rings is 1. The third-order valence-corrected chi connectivity index (χ3v) is 3.86. The van der Waals surface area contributed by atoms with Crippen molar-refractivity contribution in [2.75, 3.05) is 0 Å². The topological polar surface area (TPSA) is 22.0 Å². The summed E-state index contributed by atoms with van der Waals surface area (Å²) in [6, 6.07) is 6.77. The first-order valence-corrected chi connectivity index (χ1v) is 6.65. The minimum Gasteiger partial charge on any atom is -0.318 e. The number of pyridine rings is 1. The molecule has 0 atom stereocenters. The van der Waals surface area contributed by atoms with Crippen molar-refractivity contribution in [1.82, 2.24) is 4.57 Å². The number of rotatable bonds is 1. The van der Waals surface area contributed by atoms with E-state index in [1.54, 1.807) is 29.9 Å². The average Bonchev–Trinajstić information content (AvgIpc) is 2.44. The molecule has 2 aromatic rings. The molecule has 0 saturated carbocycles. The summed E-state index contributed by atoms with van der Waals surface area (Å²) in [5.41, 5.74) is 3.44. The summed E-state index contributed by atoms with van der Waals surface area (Å²) in [4.78, 5) is 12.2. The summed E-state index contributed by atoms with van der Waals surface area (Å²) in [5, 5.41) is 0. The van der Waals surface area contributed by atoms with Crippen LogP contribution in [0.25, 0.3) is 11.1 Å². The molecule has 0 amide bonds. The van der Waals surface area contributed by atoms with E-state index in [1.165, 1.54) is 6.07 Å². The molecule has 2 nitrogen and oxygen atoms in total. The second-order valence-corrected chi connectivity index (χ2v) is 5.10. The highest BCUT2D eigenvalue weighted by Crippen LogP contribution is 2.31. The van der Waals surface area contributed by atoms with Crippen LogP contribution in [0.5, 0.6) is 0 Å². The first-order chi connectivity index (χ1) is 9.18. The highest BCUT2D eigenvalue weighted by molar-refractivity contribution is 5.68. The first kappa shape index (κ1) is 12.2. The van der Waals surface area contributed by atoms with Crippen LogP contribution in [0.3, 0.4) is 0 Å². The zero-order chi connectivity index (χ0) is 13.4. The lowest BCUT2D eigenvalue weighted by atomic mass is 9.87. The normalized spacial score (nSPS) is 14.2. The van der Waals surface area contributed by atoms with E-state index in [2.05, 4.69) is 0 Å². The summed E-state index contributed by atoms with van der Waals surface area (Å²) in [7, 11) is 1.74. The van der Waals surface area contributed by atoms with Crippen molar-refractivity contribution in [3.05, 3.63) is 57.8 Å². The van der Waals surface area contributed by atoms with Gasteiger partial charge in [0.05, 0.1) is 0 Å². The van der Waals surface area contributed by atoms with Crippen LogP contribution in [-0.4, -0.2) is 4.57 Å². The number of hydrogen-bond acceptors (Lipinski definition) is 1. The maximum atomic E-state index is 14.0. The molecule has 0 radical (unpaired) electrons. The van der Waals surface area contributed by atoms with Gasteiger partial charge in [0.1, 0.15) is 5.82 Å². The molecule has 0 fully saturated rings. The van der Waals surface area contributed by atoms with Gasteiger partial charge >= 0.3 is 0 Å². The molecule has 1 aromatic heterocycles. The maximum absolute atomic E-state index is 14.0. The molecular weight excluding hydrogens is 241 g/mol. The van der Waals surface area contributed by atoms with Gasteiger partial charge in [-0.2, -0.15) is 0 Å². The molecule has 3 heteroatoms. The number of aromatic nitrogens is 1. The molecular formula is C16H16FNO. The Labute approximate surface area is 111 Å². The SMILES string of the molecule is Cn1cc(-c2ccccc2F)c2c(c1=O)CCCC2. The van der Waals surface area contributed by atoms with Gasteiger partial charge in [0.25, 0.3) is 5.56 Å². The highest BCUT2D eigenvalue weighted by Gasteiger charge is 2.20. The van der Waals surface area contributed by atoms with Crippen LogP contribution in [-0.2, 0) is 19.9 Å². The quantitative estimate of drug-likeness (QED) is 0.769. The Bertz CT molecular complexity index is 688. The lowest BCUT2D eigenvalue weighted by molar-refractivity contribution is 0.628. The zero-order valence-corrected chi connectivity index (χ0v) is 10.9. The van der Waals surface area contributed by atoms with Gasteiger partial charge in [0, 0.05) is 29.9 Å². The van der Waals surface area contributed by atoms with Gasteiger partial charge in [-0.1, -0.05) is 18.2 Å². The van der Waals surface area contributed by atoms with E-state index in [-0.39, 0.29) is 11.4 Å². The zero-order valence-electron chi connectivity index (χ0n) is 10.9. The summed E-state index contributed by atoms with van der Waals surface area (Å²) in [6.07, 6.45) is 5.56. The fraction of sp³-hybridized carbons (Fsp3) is 0.312. The van der Waals surface area contributed by atoms with Crippen LogP contribution in [0.1, 0.15) is 24.0 Å². The van der Waals surface area contributed by atoms with Gasteiger partial charge in [-0.25, -0.2) is 4.39 Å². The molecule has 0 saturated heterocycles. The van der Waals surface area contributed by atoms with Crippen molar-refractivity contribution in [3.63, 3.8) is 0 Å². The molecule has 19 heavy (non-hydrogen) atoms. The number of aryl methyl sites for hydroxylation is 1. The van der Waals surface area contributed by atoms with Gasteiger partial charge in [-0.15, -0.1) is 0 Å². The molecule has 0 N–H and O–H groups in total. The summed E-state index contributed by atoms with van der Waals surface area (Å²) < 4.78 is 15.6. The number of hydrogen-bond donors (Lipinski definition) is 0. The molecule has 1 aliphatic carbocycles. The highest BCUT2D eigenvalue weighted by atomic mass is 19.1. The van der Waals surface area contributed by atoms with Gasteiger partial charge in [-0.05, 0) is 37.3 Å². The minimum atomic E-state index is -0.228. The van der Waals surface area contributed by atoms with Crippen LogP contribution < -0.4 is 5.56 Å². The average molecular weight is 257 g/mol. The molecule has 0 spiro atoms. The van der Waals surface area contributed by atoms with Crippen molar-refractivity contribution in [2.24, 2.45) is 7.05 Å². The molecule has 1 heterocycles. The van der Waals surface area contributed by atoms with Crippen molar-refractivity contribution >= 4 is 0 Å². The fourth-order valence-electron chi connectivity index (χ4n) is 2.89. The Hall–Kier alpha value is -1.90. The molecule has 3 rings (SSSR count). The smallest absolute Gasteiger partial charge is 0.253 e. The Morgan fingerprint density at radius 3 is 2.47 bits per heavy atom. The Kier molecular flexibility index (Phi) is 2.97. The molecule has 1 aliphatic rings. The van der Waals surface area contributed by atoms with Crippen LogP contribution in [0.15, 0.2) is 35.3 Å². The predicted molar refractivity (Wildman–Crippen MR) is 73.7 cm³/mol. The van der Waals surface area contributed by atoms with E-state index in [1.807, 2.05) is 6.07 Å². The van der Waals surface area contributed by atoms with E-state index in [4.69, 9.17) is 0 Å². The first-order valence-electron chi connectivity index (χ1n) is 6.65. The van der Waals surface area contributed by atoms with E-state index < -0.39 is 0 Å². The Morgan fingerprint density at radius 2 is 1.74 bits per heavy atom. The molecule has 0 bridgehead atoms. The second-order valence-electron chi connectivity index (χ2n) is 5.10. The molecule has 98 valence electrons. The van der Waals surface area contributed by atoms with Gasteiger partial charge < -0.3 is 4.57 Å². The largest absolute Gasteiger partial charge is 0.318 e. The number of halogens is 1. The summed E-state index contributed by atoms with van der Waals surface area (Å²) >= 11 is 0. The van der Waals surface area contributed by atoms with Gasteiger partial charge in [0.2, 0.25) is 0 Å². The third-order valence-electron chi connectivity index (χ3n) is 3.86. The van der Waals surface area contributed by atoms with E-state index >= 15 is 0 Å². The molecule has 0 unspecified atom stereocenters. The van der Waals surface area contributed by atoms with E-state index in [0.29, 0.717) is 5.56 Å². The van der Waals surface area contributed by atoms with E-state index in [9.17, 15) is 9.18 Å². The van der Waals surface area contributed by atoms with Gasteiger partial charge in [-0.3, -0.25) is 4.79 Å². The lowest BCUT2D eigenvalue weighted by Gasteiger charge is -2.20. The van der Waals surface area contributed by atoms with Crippen LogP contribution in [0.4, 0.5) is 4.39 Å². The standard InChI is InChI=1S/C16H16FNO/c1-18-10-14(12-7-4-5-9-15(12)17)11-6-2-3-8-13(11)16(18)19/h4-5,7,9-10H,2-3,6,8H2,1H3. The Balaban J connectivity index is 2.31.